The van der Waals surface area contributed by atoms with Gasteiger partial charge in [-0.15, -0.1) is 0 Å². The molecule has 0 aliphatic carbocycles. The van der Waals surface area contributed by atoms with Crippen LogP contribution in [-0.2, 0) is 6.42 Å². The van der Waals surface area contributed by atoms with E-state index >= 15 is 0 Å². The number of ether oxygens (including phenoxy) is 1. The molecule has 1 heterocycles. The Morgan fingerprint density at radius 3 is 2.70 bits per heavy atom. The lowest BCUT2D eigenvalue weighted by molar-refractivity contribution is 0.0953. The molecule has 1 aromatic heterocycles. The SMILES string of the molecule is CNc1[nH]c2cc(C(=O)NCCc3cccc(OC)c3)ccc2c1C(N)=O. The molecule has 0 radical (unpaired) electrons. The summed E-state index contributed by atoms with van der Waals surface area (Å²) < 4.78 is 5.20. The number of H-pyrrole nitrogens is 1. The second kappa shape index (κ2) is 7.82. The molecule has 0 bridgehead atoms. The van der Waals surface area contributed by atoms with Crippen LogP contribution in [0.2, 0.25) is 0 Å². The predicted octanol–water partition coefficient (Wildman–Crippen LogP) is 2.29. The molecule has 140 valence electrons. The topological polar surface area (TPSA) is 109 Å². The normalized spacial score (nSPS) is 10.6. The highest BCUT2D eigenvalue weighted by Gasteiger charge is 2.16. The van der Waals surface area contributed by atoms with E-state index in [1.807, 2.05) is 24.3 Å². The molecule has 0 aliphatic rings. The third-order valence-corrected chi connectivity index (χ3v) is 4.39. The molecule has 5 N–H and O–H groups in total. The molecule has 2 amide bonds. The van der Waals surface area contributed by atoms with Gasteiger partial charge in [-0.3, -0.25) is 9.59 Å². The fraction of sp³-hybridized carbons (Fsp3) is 0.200. The lowest BCUT2D eigenvalue weighted by atomic mass is 10.1. The number of nitrogens with two attached hydrogens (primary N) is 1. The average Bonchev–Trinajstić information content (AvgIpc) is 3.06. The van der Waals surface area contributed by atoms with Gasteiger partial charge in [0.15, 0.2) is 0 Å². The molecule has 0 fully saturated rings. The van der Waals surface area contributed by atoms with Crippen LogP contribution >= 0.6 is 0 Å². The van der Waals surface area contributed by atoms with Crippen LogP contribution in [0.1, 0.15) is 26.3 Å². The van der Waals surface area contributed by atoms with Crippen LogP contribution in [0, 0.1) is 0 Å². The monoisotopic (exact) mass is 366 g/mol. The van der Waals surface area contributed by atoms with Gasteiger partial charge < -0.3 is 26.1 Å². The number of rotatable bonds is 7. The van der Waals surface area contributed by atoms with Gasteiger partial charge in [-0.05, 0) is 36.2 Å². The summed E-state index contributed by atoms with van der Waals surface area (Å²) in [6.07, 6.45) is 0.698. The summed E-state index contributed by atoms with van der Waals surface area (Å²) in [5.41, 5.74) is 8.10. The van der Waals surface area contributed by atoms with E-state index in [0.29, 0.717) is 40.8 Å². The predicted molar refractivity (Wildman–Crippen MR) is 105 cm³/mol. The third kappa shape index (κ3) is 3.87. The second-order valence-electron chi connectivity index (χ2n) is 6.11. The van der Waals surface area contributed by atoms with Crippen molar-refractivity contribution in [2.45, 2.75) is 6.42 Å². The zero-order valence-corrected chi connectivity index (χ0v) is 15.3. The van der Waals surface area contributed by atoms with E-state index in [-0.39, 0.29) is 5.91 Å². The van der Waals surface area contributed by atoms with Gasteiger partial charge in [0.2, 0.25) is 0 Å². The van der Waals surface area contributed by atoms with Gasteiger partial charge in [-0.2, -0.15) is 0 Å². The fourth-order valence-corrected chi connectivity index (χ4v) is 3.03. The summed E-state index contributed by atoms with van der Waals surface area (Å²) >= 11 is 0. The van der Waals surface area contributed by atoms with Crippen molar-refractivity contribution in [3.63, 3.8) is 0 Å². The standard InChI is InChI=1S/C20H22N4O3/c1-22-19-17(18(21)25)15-7-6-13(11-16(15)24-19)20(26)23-9-8-12-4-3-5-14(10-12)27-2/h3-7,10-11,22,24H,8-9H2,1-2H3,(H2,21,25)(H,23,26). The lowest BCUT2D eigenvalue weighted by Crippen LogP contribution is -2.25. The first-order chi connectivity index (χ1) is 13.0. The fourth-order valence-electron chi connectivity index (χ4n) is 3.03. The Kier molecular flexibility index (Phi) is 5.30. The minimum Gasteiger partial charge on any atom is -0.497 e. The van der Waals surface area contributed by atoms with Crippen LogP contribution < -0.4 is 21.1 Å². The maximum Gasteiger partial charge on any atom is 0.253 e. The molecule has 7 heteroatoms. The number of primary amides is 1. The highest BCUT2D eigenvalue weighted by Crippen LogP contribution is 2.26. The van der Waals surface area contributed by atoms with Crippen LogP contribution in [-0.4, -0.2) is 37.5 Å². The molecule has 0 saturated carbocycles. The number of anilines is 1. The van der Waals surface area contributed by atoms with Gasteiger partial charge >= 0.3 is 0 Å². The van der Waals surface area contributed by atoms with Gasteiger partial charge in [0.05, 0.1) is 12.7 Å². The van der Waals surface area contributed by atoms with E-state index in [1.165, 1.54) is 0 Å². The quantitative estimate of drug-likeness (QED) is 0.514. The summed E-state index contributed by atoms with van der Waals surface area (Å²) in [5, 5.41) is 6.50. The van der Waals surface area contributed by atoms with Crippen molar-refractivity contribution < 1.29 is 14.3 Å². The average molecular weight is 366 g/mol. The van der Waals surface area contributed by atoms with Crippen LogP contribution in [0.4, 0.5) is 5.82 Å². The molecule has 3 rings (SSSR count). The minimum atomic E-state index is -0.527. The molecule has 27 heavy (non-hydrogen) atoms. The Balaban J connectivity index is 1.71. The van der Waals surface area contributed by atoms with Crippen molar-refractivity contribution in [3.8, 4) is 5.75 Å². The number of carbonyl (C=O) groups is 2. The maximum atomic E-state index is 12.4. The molecule has 7 nitrogen and oxygen atoms in total. The smallest absolute Gasteiger partial charge is 0.253 e. The number of carbonyl (C=O) groups excluding carboxylic acids is 2. The maximum absolute atomic E-state index is 12.4. The Hall–Kier alpha value is -3.48. The van der Waals surface area contributed by atoms with Gasteiger partial charge in [0, 0.05) is 30.1 Å². The number of fused-ring (bicyclic) bond motifs is 1. The number of amides is 2. The molecule has 0 atom stereocenters. The Morgan fingerprint density at radius 1 is 1.19 bits per heavy atom. The zero-order chi connectivity index (χ0) is 19.4. The van der Waals surface area contributed by atoms with Gasteiger partial charge in [-0.1, -0.05) is 18.2 Å². The highest BCUT2D eigenvalue weighted by atomic mass is 16.5. The summed E-state index contributed by atoms with van der Waals surface area (Å²) in [4.78, 5) is 27.2. The molecule has 3 aromatic rings. The summed E-state index contributed by atoms with van der Waals surface area (Å²) in [6.45, 7) is 0.503. The van der Waals surface area contributed by atoms with Crippen molar-refractivity contribution in [3.05, 3.63) is 59.2 Å². The highest BCUT2D eigenvalue weighted by molar-refractivity contribution is 6.12. The number of hydrogen-bond donors (Lipinski definition) is 4. The van der Waals surface area contributed by atoms with Gasteiger partial charge in [-0.25, -0.2) is 0 Å². The number of benzene rings is 2. The molecule has 0 spiro atoms. The first-order valence-electron chi connectivity index (χ1n) is 8.58. The molecule has 2 aromatic carbocycles. The Morgan fingerprint density at radius 2 is 2.00 bits per heavy atom. The summed E-state index contributed by atoms with van der Waals surface area (Å²) in [5.74, 6) is 0.622. The van der Waals surface area contributed by atoms with Crippen LogP contribution in [0.5, 0.6) is 5.75 Å². The van der Waals surface area contributed by atoms with Crippen molar-refractivity contribution in [2.24, 2.45) is 5.73 Å². The number of hydrogen-bond acceptors (Lipinski definition) is 4. The molecular formula is C20H22N4O3. The summed E-state index contributed by atoms with van der Waals surface area (Å²) in [7, 11) is 3.32. The number of aromatic nitrogens is 1. The Bertz CT molecular complexity index is 994. The van der Waals surface area contributed by atoms with E-state index in [1.54, 1.807) is 32.4 Å². The van der Waals surface area contributed by atoms with Crippen molar-refractivity contribution in [1.29, 1.82) is 0 Å². The van der Waals surface area contributed by atoms with Crippen molar-refractivity contribution in [2.75, 3.05) is 26.0 Å². The van der Waals surface area contributed by atoms with Crippen LogP contribution in [0.3, 0.4) is 0 Å². The van der Waals surface area contributed by atoms with Gasteiger partial charge in [0.1, 0.15) is 11.6 Å². The van der Waals surface area contributed by atoms with Gasteiger partial charge in [0.25, 0.3) is 11.8 Å². The van der Waals surface area contributed by atoms with Crippen molar-refractivity contribution in [1.82, 2.24) is 10.3 Å². The lowest BCUT2D eigenvalue weighted by Gasteiger charge is -2.07. The number of nitrogens with one attached hydrogen (secondary N) is 3. The zero-order valence-electron chi connectivity index (χ0n) is 15.3. The van der Waals surface area contributed by atoms with E-state index in [4.69, 9.17) is 10.5 Å². The molecule has 0 saturated heterocycles. The van der Waals surface area contributed by atoms with E-state index in [2.05, 4.69) is 15.6 Å². The van der Waals surface area contributed by atoms with E-state index in [0.717, 1.165) is 11.3 Å². The van der Waals surface area contributed by atoms with E-state index < -0.39 is 5.91 Å². The molecule has 0 aliphatic heterocycles. The molecular weight excluding hydrogens is 344 g/mol. The number of aromatic amines is 1. The Labute approximate surface area is 156 Å². The van der Waals surface area contributed by atoms with Crippen LogP contribution in [0.25, 0.3) is 10.9 Å². The minimum absolute atomic E-state index is 0.180. The van der Waals surface area contributed by atoms with E-state index in [9.17, 15) is 9.59 Å². The first-order valence-corrected chi connectivity index (χ1v) is 8.58. The summed E-state index contributed by atoms with van der Waals surface area (Å²) in [6, 6.07) is 12.9. The third-order valence-electron chi connectivity index (χ3n) is 4.39. The van der Waals surface area contributed by atoms with Crippen molar-refractivity contribution >= 4 is 28.5 Å². The second-order valence-corrected chi connectivity index (χ2v) is 6.11. The molecule has 0 unspecified atom stereocenters. The van der Waals surface area contributed by atoms with Crippen LogP contribution in [0.15, 0.2) is 42.5 Å². The first kappa shape index (κ1) is 18.3. The largest absolute Gasteiger partial charge is 0.497 e. The number of methoxy groups -OCH3 is 1.